The number of amides is 1. The molecule has 2 aromatic heterocycles. The average Bonchev–Trinajstić information content (AvgIpc) is 3.31. The lowest BCUT2D eigenvalue weighted by molar-refractivity contribution is -0.137. The molecular formula is C22H20F6N6O. The number of rotatable bonds is 5. The highest BCUT2D eigenvalue weighted by molar-refractivity contribution is 5.98. The lowest BCUT2D eigenvalue weighted by Gasteiger charge is -2.43. The van der Waals surface area contributed by atoms with E-state index in [1.165, 1.54) is 31.5 Å². The van der Waals surface area contributed by atoms with Crippen LogP contribution in [0, 0.1) is 11.7 Å². The van der Waals surface area contributed by atoms with Crippen molar-refractivity contribution in [2.75, 3.05) is 18.4 Å². The van der Waals surface area contributed by atoms with E-state index in [4.69, 9.17) is 0 Å². The molecule has 1 aliphatic heterocycles. The summed E-state index contributed by atoms with van der Waals surface area (Å²) < 4.78 is 82.1. The van der Waals surface area contributed by atoms with Gasteiger partial charge < -0.3 is 10.2 Å². The molecule has 3 heterocycles. The standard InChI is InChI=1S/C22H20F6N6O/c1-13-9-21(24,25)12-33(17(13)11-30-18-6-5-14(10-29-18)22(26,27)28)20(35)19-15(23)3-2-4-16(19)34-31-7-8-32-34/h2-8,10,13,17H,9,11-12H2,1H3,(H,29,30)/t13-,17-/m1/s1. The molecule has 186 valence electrons. The SMILES string of the molecule is C[C@@H]1CC(F)(F)CN(C(=O)c2c(F)cccc2-n2nccn2)[C@@H]1CNc1ccc(C(F)(F)F)cn1. The first kappa shape index (κ1) is 24.5. The molecule has 7 nitrogen and oxygen atoms in total. The van der Waals surface area contributed by atoms with Crippen molar-refractivity contribution in [3.63, 3.8) is 0 Å². The average molecular weight is 498 g/mol. The van der Waals surface area contributed by atoms with Crippen LogP contribution in [0.5, 0.6) is 0 Å². The highest BCUT2D eigenvalue weighted by atomic mass is 19.4. The number of halogens is 6. The number of carbonyl (C=O) groups excluding carboxylic acids is 1. The Morgan fingerprint density at radius 3 is 2.51 bits per heavy atom. The molecule has 1 amide bonds. The Kier molecular flexibility index (Phi) is 6.43. The molecule has 0 bridgehead atoms. The van der Waals surface area contributed by atoms with Crippen LogP contribution < -0.4 is 5.32 Å². The fourth-order valence-corrected chi connectivity index (χ4v) is 4.13. The third kappa shape index (κ3) is 5.23. The minimum atomic E-state index is -4.56. The van der Waals surface area contributed by atoms with Gasteiger partial charge in [0.25, 0.3) is 11.8 Å². The van der Waals surface area contributed by atoms with Crippen molar-refractivity contribution in [1.82, 2.24) is 24.9 Å². The van der Waals surface area contributed by atoms with E-state index < -0.39 is 59.9 Å². The molecule has 1 fully saturated rings. The zero-order valence-corrected chi connectivity index (χ0v) is 18.3. The van der Waals surface area contributed by atoms with Crippen molar-refractivity contribution in [2.45, 2.75) is 31.5 Å². The summed E-state index contributed by atoms with van der Waals surface area (Å²) in [7, 11) is 0. The van der Waals surface area contributed by atoms with Gasteiger partial charge in [-0.15, -0.1) is 0 Å². The predicted molar refractivity (Wildman–Crippen MR) is 113 cm³/mol. The lowest BCUT2D eigenvalue weighted by atomic mass is 9.87. The first-order valence-corrected chi connectivity index (χ1v) is 10.6. The lowest BCUT2D eigenvalue weighted by Crippen LogP contribution is -2.57. The van der Waals surface area contributed by atoms with Crippen LogP contribution in [0.2, 0.25) is 0 Å². The van der Waals surface area contributed by atoms with Gasteiger partial charge in [-0.3, -0.25) is 4.79 Å². The van der Waals surface area contributed by atoms with Gasteiger partial charge in [-0.25, -0.2) is 18.2 Å². The molecule has 3 aromatic rings. The molecule has 1 saturated heterocycles. The zero-order valence-electron chi connectivity index (χ0n) is 18.3. The number of carbonyl (C=O) groups is 1. The molecular weight excluding hydrogens is 478 g/mol. The fourth-order valence-electron chi connectivity index (χ4n) is 4.13. The number of likely N-dealkylation sites (tertiary alicyclic amines) is 1. The van der Waals surface area contributed by atoms with E-state index in [9.17, 15) is 31.1 Å². The Bertz CT molecular complexity index is 1180. The number of aromatic nitrogens is 4. The van der Waals surface area contributed by atoms with Crippen molar-refractivity contribution in [2.24, 2.45) is 5.92 Å². The Balaban J connectivity index is 1.62. The molecule has 1 aliphatic rings. The van der Waals surface area contributed by atoms with Gasteiger partial charge in [-0.05, 0) is 30.2 Å². The number of alkyl halides is 5. The van der Waals surface area contributed by atoms with E-state index in [1.54, 1.807) is 0 Å². The van der Waals surface area contributed by atoms with Crippen LogP contribution in [0.4, 0.5) is 32.2 Å². The van der Waals surface area contributed by atoms with E-state index in [0.29, 0.717) is 6.20 Å². The first-order valence-electron chi connectivity index (χ1n) is 10.6. The van der Waals surface area contributed by atoms with Gasteiger partial charge in [0.2, 0.25) is 0 Å². The van der Waals surface area contributed by atoms with E-state index in [-0.39, 0.29) is 18.1 Å². The van der Waals surface area contributed by atoms with Crippen molar-refractivity contribution >= 4 is 11.7 Å². The summed E-state index contributed by atoms with van der Waals surface area (Å²) in [6, 6.07) is 4.87. The predicted octanol–water partition coefficient (Wildman–Crippen LogP) is 4.42. The minimum absolute atomic E-state index is 0.0161. The molecule has 1 N–H and O–H groups in total. The second-order valence-electron chi connectivity index (χ2n) is 8.30. The summed E-state index contributed by atoms with van der Waals surface area (Å²) in [6.07, 6.45) is -1.79. The first-order chi connectivity index (χ1) is 16.5. The van der Waals surface area contributed by atoms with Crippen molar-refractivity contribution in [3.05, 3.63) is 65.9 Å². The van der Waals surface area contributed by atoms with Crippen LogP contribution in [-0.2, 0) is 6.18 Å². The zero-order chi connectivity index (χ0) is 25.4. The Labute approximate surface area is 195 Å². The smallest absolute Gasteiger partial charge is 0.368 e. The third-order valence-electron chi connectivity index (χ3n) is 5.76. The van der Waals surface area contributed by atoms with Crippen LogP contribution >= 0.6 is 0 Å². The maximum atomic E-state index is 14.8. The van der Waals surface area contributed by atoms with Crippen molar-refractivity contribution in [3.8, 4) is 5.69 Å². The normalized spacial score (nSPS) is 20.0. The largest absolute Gasteiger partial charge is 0.417 e. The van der Waals surface area contributed by atoms with Crippen LogP contribution in [0.15, 0.2) is 48.9 Å². The number of anilines is 1. The van der Waals surface area contributed by atoms with E-state index >= 15 is 0 Å². The Morgan fingerprint density at radius 2 is 1.89 bits per heavy atom. The van der Waals surface area contributed by atoms with Crippen LogP contribution in [0.1, 0.15) is 29.3 Å². The molecule has 0 aliphatic carbocycles. The van der Waals surface area contributed by atoms with Gasteiger partial charge in [0.1, 0.15) is 22.9 Å². The summed E-state index contributed by atoms with van der Waals surface area (Å²) in [5.74, 6) is -5.77. The van der Waals surface area contributed by atoms with Crippen molar-refractivity contribution < 1.29 is 31.1 Å². The summed E-state index contributed by atoms with van der Waals surface area (Å²) in [5.41, 5.74) is -1.42. The molecule has 0 spiro atoms. The second-order valence-corrected chi connectivity index (χ2v) is 8.30. The quantitative estimate of drug-likeness (QED) is 0.528. The van der Waals surface area contributed by atoms with Gasteiger partial charge in [-0.2, -0.15) is 28.2 Å². The molecule has 35 heavy (non-hydrogen) atoms. The minimum Gasteiger partial charge on any atom is -0.368 e. The van der Waals surface area contributed by atoms with Gasteiger partial charge in [-0.1, -0.05) is 13.0 Å². The van der Waals surface area contributed by atoms with Gasteiger partial charge in [0, 0.05) is 19.2 Å². The van der Waals surface area contributed by atoms with E-state index in [0.717, 1.165) is 27.9 Å². The monoisotopic (exact) mass is 498 g/mol. The summed E-state index contributed by atoms with van der Waals surface area (Å²) in [6.45, 7) is 0.478. The molecule has 13 heteroatoms. The van der Waals surface area contributed by atoms with E-state index in [1.807, 2.05) is 0 Å². The number of benzene rings is 1. The third-order valence-corrected chi connectivity index (χ3v) is 5.76. The Hall–Kier alpha value is -3.64. The van der Waals surface area contributed by atoms with Crippen LogP contribution in [-0.4, -0.2) is 55.8 Å². The van der Waals surface area contributed by atoms with Gasteiger partial charge in [0.15, 0.2) is 0 Å². The Morgan fingerprint density at radius 1 is 1.17 bits per heavy atom. The molecule has 1 aromatic carbocycles. The number of hydrogen-bond donors (Lipinski definition) is 1. The summed E-state index contributed by atoms with van der Waals surface area (Å²) in [5, 5.41) is 10.6. The van der Waals surface area contributed by atoms with E-state index in [2.05, 4.69) is 20.5 Å². The number of nitrogens with one attached hydrogen (secondary N) is 1. The number of nitrogens with zero attached hydrogens (tertiary/aromatic N) is 5. The topological polar surface area (TPSA) is 75.9 Å². The molecule has 0 saturated carbocycles. The highest BCUT2D eigenvalue weighted by Gasteiger charge is 2.47. The highest BCUT2D eigenvalue weighted by Crippen LogP contribution is 2.36. The maximum absolute atomic E-state index is 14.8. The van der Waals surface area contributed by atoms with Crippen LogP contribution in [0.25, 0.3) is 5.69 Å². The van der Waals surface area contributed by atoms with Gasteiger partial charge >= 0.3 is 6.18 Å². The molecule has 2 atom stereocenters. The van der Waals surface area contributed by atoms with Crippen molar-refractivity contribution in [1.29, 1.82) is 0 Å². The number of hydrogen-bond acceptors (Lipinski definition) is 5. The number of pyridine rings is 1. The van der Waals surface area contributed by atoms with Gasteiger partial charge in [0.05, 0.1) is 30.5 Å². The molecule has 4 rings (SSSR count). The molecule has 0 unspecified atom stereocenters. The van der Waals surface area contributed by atoms with Crippen LogP contribution in [0.3, 0.4) is 0 Å². The fraction of sp³-hybridized carbons (Fsp3) is 0.364. The molecule has 0 radical (unpaired) electrons. The maximum Gasteiger partial charge on any atom is 0.417 e. The number of piperidine rings is 1. The second kappa shape index (κ2) is 9.19. The summed E-state index contributed by atoms with van der Waals surface area (Å²) >= 11 is 0. The summed E-state index contributed by atoms with van der Waals surface area (Å²) in [4.78, 5) is 19.1.